The van der Waals surface area contributed by atoms with E-state index in [1.165, 1.54) is 4.90 Å². The number of carbonyl (C=O) groups excluding carboxylic acids is 2. The van der Waals surface area contributed by atoms with Gasteiger partial charge in [0, 0.05) is 32.5 Å². The van der Waals surface area contributed by atoms with Gasteiger partial charge in [0.2, 0.25) is 0 Å². The monoisotopic (exact) mass is 494 g/mol. The van der Waals surface area contributed by atoms with E-state index in [0.29, 0.717) is 16.3 Å². The number of amides is 2. The van der Waals surface area contributed by atoms with Gasteiger partial charge in [0.1, 0.15) is 5.69 Å². The van der Waals surface area contributed by atoms with Gasteiger partial charge in [-0.1, -0.05) is 24.3 Å². The molecule has 0 aliphatic carbocycles. The minimum absolute atomic E-state index is 0.138. The first-order chi connectivity index (χ1) is 16.4. The van der Waals surface area contributed by atoms with Gasteiger partial charge in [-0.05, 0) is 60.7 Å². The number of thiocarbonyl (C=S) groups is 1. The molecule has 4 rings (SSSR count). The molecule has 3 heterocycles. The van der Waals surface area contributed by atoms with Gasteiger partial charge in [-0.15, -0.1) is 0 Å². The molecule has 9 nitrogen and oxygen atoms in total. The summed E-state index contributed by atoms with van der Waals surface area (Å²) in [4.78, 5) is 43.4. The highest BCUT2D eigenvalue weighted by Crippen LogP contribution is 2.31. The molecular formula is C23H22N6O3S2. The molecule has 1 aliphatic rings. The Bertz CT molecular complexity index is 1330. The average molecular weight is 495 g/mol. The molecular weight excluding hydrogens is 472 g/mol. The number of hydrogen-bond acceptors (Lipinski definition) is 6. The van der Waals surface area contributed by atoms with Crippen molar-refractivity contribution < 1.29 is 9.59 Å². The molecule has 0 saturated carbocycles. The van der Waals surface area contributed by atoms with E-state index in [1.807, 2.05) is 43.3 Å². The number of hydrogen-bond donors (Lipinski definition) is 2. The minimum Gasteiger partial charge on any atom is -0.361 e. The van der Waals surface area contributed by atoms with Crippen LogP contribution in [0.2, 0.25) is 0 Å². The standard InChI is InChI=1S/C23H22N6O3S2/c1-15-19(21(31)29(27(15)2)17-8-4-3-5-9-17)26-22(33)25-11-12-28-20(30)18(34-23(28)32)13-16-7-6-10-24-14-16/h3-10,13-14H,11-12H2,1-2H3,(H2,25,26,33). The maximum atomic E-state index is 13.0. The average Bonchev–Trinajstić information content (AvgIpc) is 3.21. The Kier molecular flexibility index (Phi) is 6.94. The quantitative estimate of drug-likeness (QED) is 0.399. The number of nitrogens with zero attached hydrogens (tertiary/aromatic N) is 4. The summed E-state index contributed by atoms with van der Waals surface area (Å²) in [5.41, 5.74) is 2.32. The molecule has 1 aromatic carbocycles. The highest BCUT2D eigenvalue weighted by atomic mass is 32.2. The predicted molar refractivity (Wildman–Crippen MR) is 137 cm³/mol. The van der Waals surface area contributed by atoms with Crippen molar-refractivity contribution >= 4 is 52.0 Å². The van der Waals surface area contributed by atoms with Gasteiger partial charge in [0.25, 0.3) is 16.7 Å². The number of thioether (sulfide) groups is 1. The number of pyridine rings is 1. The van der Waals surface area contributed by atoms with Crippen molar-refractivity contribution in [3.05, 3.63) is 81.4 Å². The Balaban J connectivity index is 1.37. The van der Waals surface area contributed by atoms with Crippen molar-refractivity contribution in [3.8, 4) is 5.69 Å². The van der Waals surface area contributed by atoms with Gasteiger partial charge in [-0.25, -0.2) is 4.68 Å². The smallest absolute Gasteiger partial charge is 0.295 e. The van der Waals surface area contributed by atoms with Crippen LogP contribution in [0.5, 0.6) is 0 Å². The third kappa shape index (κ3) is 4.80. The fourth-order valence-corrected chi connectivity index (χ4v) is 4.53. The van der Waals surface area contributed by atoms with Crippen LogP contribution in [0, 0.1) is 6.92 Å². The van der Waals surface area contributed by atoms with Gasteiger partial charge in [-0.2, -0.15) is 0 Å². The van der Waals surface area contributed by atoms with E-state index >= 15 is 0 Å². The van der Waals surface area contributed by atoms with Crippen molar-refractivity contribution in [2.75, 3.05) is 18.4 Å². The molecule has 3 aromatic rings. The Morgan fingerprint density at radius 1 is 1.15 bits per heavy atom. The maximum Gasteiger partial charge on any atom is 0.295 e. The number of anilines is 1. The Morgan fingerprint density at radius 3 is 2.62 bits per heavy atom. The van der Waals surface area contributed by atoms with E-state index in [1.54, 1.807) is 40.9 Å². The summed E-state index contributed by atoms with van der Waals surface area (Å²) in [6, 6.07) is 12.9. The molecule has 1 aliphatic heterocycles. The van der Waals surface area contributed by atoms with Crippen LogP contribution in [-0.4, -0.2) is 48.6 Å². The number of nitrogens with one attached hydrogen (secondary N) is 2. The lowest BCUT2D eigenvalue weighted by Gasteiger charge is -2.14. The summed E-state index contributed by atoms with van der Waals surface area (Å²) in [5, 5.41) is 5.80. The van der Waals surface area contributed by atoms with Crippen LogP contribution in [0.1, 0.15) is 11.3 Å². The van der Waals surface area contributed by atoms with Gasteiger partial charge in [-0.3, -0.25) is 28.9 Å². The summed E-state index contributed by atoms with van der Waals surface area (Å²) in [6.45, 7) is 2.20. The first-order valence-corrected chi connectivity index (χ1v) is 11.6. The summed E-state index contributed by atoms with van der Waals surface area (Å²) in [6.07, 6.45) is 4.91. The molecule has 2 N–H and O–H groups in total. The lowest BCUT2D eigenvalue weighted by atomic mass is 10.2. The van der Waals surface area contributed by atoms with E-state index in [9.17, 15) is 14.4 Å². The molecule has 2 amide bonds. The Labute approximate surface area is 205 Å². The van der Waals surface area contributed by atoms with E-state index < -0.39 is 0 Å². The molecule has 0 unspecified atom stereocenters. The van der Waals surface area contributed by atoms with Crippen LogP contribution in [0.4, 0.5) is 10.5 Å². The summed E-state index contributed by atoms with van der Waals surface area (Å²) >= 11 is 6.23. The van der Waals surface area contributed by atoms with Crippen molar-refractivity contribution in [2.24, 2.45) is 7.05 Å². The fourth-order valence-electron chi connectivity index (χ4n) is 3.46. The number of aromatic nitrogens is 3. The first-order valence-electron chi connectivity index (χ1n) is 10.4. The topological polar surface area (TPSA) is 101 Å². The number of carbonyl (C=O) groups is 2. The normalized spacial score (nSPS) is 14.6. The number of para-hydroxylation sites is 1. The zero-order valence-electron chi connectivity index (χ0n) is 18.5. The van der Waals surface area contributed by atoms with Crippen molar-refractivity contribution in [1.29, 1.82) is 0 Å². The van der Waals surface area contributed by atoms with Crippen LogP contribution < -0.4 is 16.2 Å². The second kappa shape index (κ2) is 10.1. The molecule has 1 saturated heterocycles. The lowest BCUT2D eigenvalue weighted by Crippen LogP contribution is -2.39. The first kappa shape index (κ1) is 23.5. The molecule has 11 heteroatoms. The van der Waals surface area contributed by atoms with Crippen molar-refractivity contribution in [1.82, 2.24) is 24.6 Å². The molecule has 1 fully saturated rings. The van der Waals surface area contributed by atoms with E-state index in [2.05, 4.69) is 15.6 Å². The van der Waals surface area contributed by atoms with Gasteiger partial charge in [0.15, 0.2) is 5.11 Å². The molecule has 0 atom stereocenters. The van der Waals surface area contributed by atoms with Crippen molar-refractivity contribution in [2.45, 2.75) is 6.92 Å². The van der Waals surface area contributed by atoms with Crippen molar-refractivity contribution in [3.63, 3.8) is 0 Å². The number of rotatable bonds is 6. The number of imide groups is 1. The number of benzene rings is 1. The SMILES string of the molecule is Cc1c(NC(=S)NCCN2C(=O)SC(=Cc3cccnc3)C2=O)c(=O)n(-c2ccccc2)n1C. The summed E-state index contributed by atoms with van der Waals surface area (Å²) in [5.74, 6) is -0.357. The van der Waals surface area contributed by atoms with E-state index in [4.69, 9.17) is 12.2 Å². The van der Waals surface area contributed by atoms with E-state index in [0.717, 1.165) is 23.0 Å². The highest BCUT2D eigenvalue weighted by Gasteiger charge is 2.34. The Hall–Kier alpha value is -3.70. The van der Waals surface area contributed by atoms with Crippen LogP contribution >= 0.6 is 24.0 Å². The lowest BCUT2D eigenvalue weighted by molar-refractivity contribution is -0.122. The highest BCUT2D eigenvalue weighted by molar-refractivity contribution is 8.18. The largest absolute Gasteiger partial charge is 0.361 e. The van der Waals surface area contributed by atoms with E-state index in [-0.39, 0.29) is 34.9 Å². The molecule has 2 aromatic heterocycles. The molecule has 34 heavy (non-hydrogen) atoms. The zero-order chi connectivity index (χ0) is 24.2. The molecule has 0 radical (unpaired) electrons. The fraction of sp³-hybridized carbons (Fsp3) is 0.174. The molecule has 174 valence electrons. The van der Waals surface area contributed by atoms with Gasteiger partial charge < -0.3 is 10.6 Å². The summed E-state index contributed by atoms with van der Waals surface area (Å²) < 4.78 is 3.30. The molecule has 0 bridgehead atoms. The minimum atomic E-state index is -0.357. The third-order valence-corrected chi connectivity index (χ3v) is 6.42. The maximum absolute atomic E-state index is 13.0. The predicted octanol–water partition coefficient (Wildman–Crippen LogP) is 2.90. The molecule has 0 spiro atoms. The van der Waals surface area contributed by atoms with Gasteiger partial charge >= 0.3 is 0 Å². The zero-order valence-corrected chi connectivity index (χ0v) is 20.2. The second-order valence-corrected chi connectivity index (χ2v) is 8.84. The van der Waals surface area contributed by atoms with Crippen LogP contribution in [0.3, 0.4) is 0 Å². The van der Waals surface area contributed by atoms with Crippen LogP contribution in [0.15, 0.2) is 64.6 Å². The van der Waals surface area contributed by atoms with Crippen LogP contribution in [-0.2, 0) is 11.8 Å². The van der Waals surface area contributed by atoms with Gasteiger partial charge in [0.05, 0.1) is 16.3 Å². The summed E-state index contributed by atoms with van der Waals surface area (Å²) in [7, 11) is 1.80. The second-order valence-electron chi connectivity index (χ2n) is 7.44. The Morgan fingerprint density at radius 2 is 1.91 bits per heavy atom. The van der Waals surface area contributed by atoms with Crippen LogP contribution in [0.25, 0.3) is 11.8 Å². The third-order valence-electron chi connectivity index (χ3n) is 5.27.